The minimum Gasteiger partial charge on any atom is -0.369 e. The number of anilines is 1. The lowest BCUT2D eigenvalue weighted by Gasteiger charge is -2.17. The Hall–Kier alpha value is -1.58. The fourth-order valence-electron chi connectivity index (χ4n) is 2.82. The highest BCUT2D eigenvalue weighted by Crippen LogP contribution is 2.31. The molecule has 0 aromatic carbocycles. The second kappa shape index (κ2) is 4.35. The normalized spacial score (nSPS) is 18.4. The number of fused-ring (bicyclic) bond motifs is 1. The Morgan fingerprint density at radius 1 is 1.18 bits per heavy atom. The molecule has 1 saturated carbocycles. The van der Waals surface area contributed by atoms with Crippen molar-refractivity contribution in [2.75, 3.05) is 5.73 Å². The van der Waals surface area contributed by atoms with E-state index in [1.165, 1.54) is 38.5 Å². The Morgan fingerprint density at radius 2 is 1.94 bits per heavy atom. The highest BCUT2D eigenvalue weighted by molar-refractivity contribution is 5.73. The standard InChI is InChI=1S/C13H18N4/c14-13-16-11-8-5-9-15-12(11)17(13)10-6-3-1-2-4-7-10/h5,8-10H,1-4,6-7H2,(H2,14,16). The monoisotopic (exact) mass is 230 g/mol. The number of hydrogen-bond acceptors (Lipinski definition) is 3. The van der Waals surface area contributed by atoms with Crippen LogP contribution in [-0.2, 0) is 0 Å². The summed E-state index contributed by atoms with van der Waals surface area (Å²) in [4.78, 5) is 8.83. The van der Waals surface area contributed by atoms with Crippen LogP contribution < -0.4 is 5.73 Å². The third-order valence-electron chi connectivity index (χ3n) is 3.67. The summed E-state index contributed by atoms with van der Waals surface area (Å²) in [6.07, 6.45) is 9.48. The molecule has 17 heavy (non-hydrogen) atoms. The van der Waals surface area contributed by atoms with Gasteiger partial charge in [-0.25, -0.2) is 9.97 Å². The molecule has 90 valence electrons. The molecule has 2 aromatic rings. The van der Waals surface area contributed by atoms with Crippen LogP contribution in [0.15, 0.2) is 18.3 Å². The lowest BCUT2D eigenvalue weighted by molar-refractivity contribution is 0.457. The van der Waals surface area contributed by atoms with Gasteiger partial charge in [0.25, 0.3) is 0 Å². The van der Waals surface area contributed by atoms with E-state index in [-0.39, 0.29) is 0 Å². The van der Waals surface area contributed by atoms with Gasteiger partial charge < -0.3 is 5.73 Å². The molecule has 4 heteroatoms. The molecule has 4 nitrogen and oxygen atoms in total. The molecule has 0 radical (unpaired) electrons. The van der Waals surface area contributed by atoms with E-state index in [4.69, 9.17) is 5.73 Å². The van der Waals surface area contributed by atoms with E-state index < -0.39 is 0 Å². The zero-order valence-corrected chi connectivity index (χ0v) is 9.97. The molecule has 1 aliphatic carbocycles. The van der Waals surface area contributed by atoms with Gasteiger partial charge in [0.2, 0.25) is 5.95 Å². The van der Waals surface area contributed by atoms with Crippen LogP contribution in [0.25, 0.3) is 11.2 Å². The van der Waals surface area contributed by atoms with Crippen molar-refractivity contribution in [2.24, 2.45) is 0 Å². The smallest absolute Gasteiger partial charge is 0.202 e. The molecule has 1 fully saturated rings. The highest BCUT2D eigenvalue weighted by Gasteiger charge is 2.19. The Kier molecular flexibility index (Phi) is 2.71. The van der Waals surface area contributed by atoms with E-state index in [0.717, 1.165) is 11.2 Å². The van der Waals surface area contributed by atoms with Crippen LogP contribution >= 0.6 is 0 Å². The number of nitrogens with zero attached hydrogens (tertiary/aromatic N) is 3. The quantitative estimate of drug-likeness (QED) is 0.766. The maximum atomic E-state index is 6.05. The molecular formula is C13H18N4. The fourth-order valence-corrected chi connectivity index (χ4v) is 2.82. The summed E-state index contributed by atoms with van der Waals surface area (Å²) in [6, 6.07) is 4.37. The predicted molar refractivity (Wildman–Crippen MR) is 68.7 cm³/mol. The van der Waals surface area contributed by atoms with Crippen LogP contribution in [0.5, 0.6) is 0 Å². The molecule has 2 aromatic heterocycles. The van der Waals surface area contributed by atoms with Crippen molar-refractivity contribution in [3.8, 4) is 0 Å². The SMILES string of the molecule is Nc1nc2cccnc2n1C1CCCCCC1. The molecule has 0 aliphatic heterocycles. The molecular weight excluding hydrogens is 212 g/mol. The van der Waals surface area contributed by atoms with Crippen LogP contribution in [0.4, 0.5) is 5.95 Å². The first-order valence-corrected chi connectivity index (χ1v) is 6.44. The van der Waals surface area contributed by atoms with Gasteiger partial charge in [0, 0.05) is 12.2 Å². The molecule has 0 unspecified atom stereocenters. The first-order chi connectivity index (χ1) is 8.36. The number of aromatic nitrogens is 3. The van der Waals surface area contributed by atoms with E-state index in [1.807, 2.05) is 18.3 Å². The van der Waals surface area contributed by atoms with Gasteiger partial charge in [0.05, 0.1) is 0 Å². The van der Waals surface area contributed by atoms with E-state index in [1.54, 1.807) is 0 Å². The number of pyridine rings is 1. The third kappa shape index (κ3) is 1.88. The van der Waals surface area contributed by atoms with Crippen LogP contribution in [0, 0.1) is 0 Å². The van der Waals surface area contributed by atoms with Crippen molar-refractivity contribution in [2.45, 2.75) is 44.6 Å². The lowest BCUT2D eigenvalue weighted by atomic mass is 10.1. The summed E-state index contributed by atoms with van der Waals surface area (Å²) in [5.41, 5.74) is 7.90. The number of nitrogens with two attached hydrogens (primary N) is 1. The van der Waals surface area contributed by atoms with Crippen molar-refractivity contribution < 1.29 is 0 Å². The zero-order chi connectivity index (χ0) is 11.7. The van der Waals surface area contributed by atoms with Gasteiger partial charge in [-0.2, -0.15) is 0 Å². The third-order valence-corrected chi connectivity index (χ3v) is 3.67. The number of imidazole rings is 1. The second-order valence-electron chi connectivity index (χ2n) is 4.83. The van der Waals surface area contributed by atoms with Gasteiger partial charge in [-0.05, 0) is 25.0 Å². The Morgan fingerprint density at radius 3 is 2.71 bits per heavy atom. The number of nitrogen functional groups attached to an aromatic ring is 1. The lowest BCUT2D eigenvalue weighted by Crippen LogP contribution is -2.11. The van der Waals surface area contributed by atoms with Gasteiger partial charge >= 0.3 is 0 Å². The summed E-state index contributed by atoms with van der Waals surface area (Å²) in [5, 5.41) is 0. The predicted octanol–water partition coefficient (Wildman–Crippen LogP) is 2.91. The van der Waals surface area contributed by atoms with Crippen LogP contribution in [0.1, 0.15) is 44.6 Å². The van der Waals surface area contributed by atoms with Gasteiger partial charge in [-0.1, -0.05) is 25.7 Å². The largest absolute Gasteiger partial charge is 0.369 e. The summed E-state index contributed by atoms with van der Waals surface area (Å²) in [7, 11) is 0. The summed E-state index contributed by atoms with van der Waals surface area (Å²) in [5.74, 6) is 0.616. The van der Waals surface area contributed by atoms with Gasteiger partial charge in [0.15, 0.2) is 5.65 Å². The maximum absolute atomic E-state index is 6.05. The van der Waals surface area contributed by atoms with E-state index in [2.05, 4.69) is 14.5 Å². The van der Waals surface area contributed by atoms with Crippen LogP contribution in [0.2, 0.25) is 0 Å². The topological polar surface area (TPSA) is 56.7 Å². The molecule has 0 bridgehead atoms. The summed E-state index contributed by atoms with van der Waals surface area (Å²) in [6.45, 7) is 0. The van der Waals surface area contributed by atoms with Crippen molar-refractivity contribution >= 4 is 17.1 Å². The van der Waals surface area contributed by atoms with E-state index >= 15 is 0 Å². The van der Waals surface area contributed by atoms with E-state index in [9.17, 15) is 0 Å². The van der Waals surface area contributed by atoms with Gasteiger partial charge in [-0.15, -0.1) is 0 Å². The average Bonchev–Trinajstić information content (AvgIpc) is 2.53. The molecule has 1 aliphatic rings. The molecule has 0 spiro atoms. The molecule has 0 amide bonds. The van der Waals surface area contributed by atoms with Gasteiger partial charge in [0.1, 0.15) is 5.52 Å². The highest BCUT2D eigenvalue weighted by atomic mass is 15.2. The van der Waals surface area contributed by atoms with Crippen LogP contribution in [0.3, 0.4) is 0 Å². The maximum Gasteiger partial charge on any atom is 0.202 e. The fraction of sp³-hybridized carbons (Fsp3) is 0.538. The summed E-state index contributed by atoms with van der Waals surface area (Å²) < 4.78 is 2.14. The number of hydrogen-bond donors (Lipinski definition) is 1. The molecule has 0 atom stereocenters. The second-order valence-corrected chi connectivity index (χ2v) is 4.83. The minimum atomic E-state index is 0.484. The van der Waals surface area contributed by atoms with Crippen molar-refractivity contribution in [3.63, 3.8) is 0 Å². The number of rotatable bonds is 1. The van der Waals surface area contributed by atoms with Crippen molar-refractivity contribution in [3.05, 3.63) is 18.3 Å². The molecule has 2 heterocycles. The Bertz CT molecular complexity index is 509. The Balaban J connectivity index is 2.05. The first kappa shape index (κ1) is 10.6. The van der Waals surface area contributed by atoms with Crippen molar-refractivity contribution in [1.29, 1.82) is 0 Å². The summed E-state index contributed by atoms with van der Waals surface area (Å²) >= 11 is 0. The molecule has 0 saturated heterocycles. The van der Waals surface area contributed by atoms with Crippen molar-refractivity contribution in [1.82, 2.24) is 14.5 Å². The average molecular weight is 230 g/mol. The van der Waals surface area contributed by atoms with Gasteiger partial charge in [-0.3, -0.25) is 4.57 Å². The molecule has 3 rings (SSSR count). The first-order valence-electron chi connectivity index (χ1n) is 6.44. The minimum absolute atomic E-state index is 0.484. The molecule has 2 N–H and O–H groups in total. The van der Waals surface area contributed by atoms with Crippen LogP contribution in [-0.4, -0.2) is 14.5 Å². The van der Waals surface area contributed by atoms with E-state index in [0.29, 0.717) is 12.0 Å². The zero-order valence-electron chi connectivity index (χ0n) is 9.97. The Labute approximate surface area is 101 Å².